The summed E-state index contributed by atoms with van der Waals surface area (Å²) in [7, 11) is 0. The molecule has 2 aromatic rings. The quantitative estimate of drug-likeness (QED) is 0.666. The van der Waals surface area contributed by atoms with Crippen molar-refractivity contribution in [2.24, 2.45) is 5.92 Å². The zero-order valence-electron chi connectivity index (χ0n) is 11.6. The minimum absolute atomic E-state index is 0.0338. The van der Waals surface area contributed by atoms with Gasteiger partial charge in [0.15, 0.2) is 0 Å². The molecule has 0 saturated carbocycles. The minimum atomic E-state index is -0.676. The van der Waals surface area contributed by atoms with Crippen LogP contribution in [0.1, 0.15) is 24.2 Å². The molecule has 0 bridgehead atoms. The van der Waals surface area contributed by atoms with Gasteiger partial charge in [-0.25, -0.2) is 0 Å². The molecule has 0 heterocycles. The van der Waals surface area contributed by atoms with Crippen molar-refractivity contribution in [3.05, 3.63) is 74.8 Å². The van der Waals surface area contributed by atoms with Gasteiger partial charge in [-0.15, -0.1) is 0 Å². The average Bonchev–Trinajstić information content (AvgIpc) is 2.47. The van der Waals surface area contributed by atoms with E-state index in [1.807, 2.05) is 37.3 Å². The van der Waals surface area contributed by atoms with Gasteiger partial charge in [0.25, 0.3) is 5.69 Å². The molecule has 2 aromatic carbocycles. The molecule has 2 atom stereocenters. The van der Waals surface area contributed by atoms with E-state index in [-0.39, 0.29) is 11.6 Å². The van der Waals surface area contributed by atoms with Crippen LogP contribution in [-0.2, 0) is 6.42 Å². The SMILES string of the molecule is CC(Cc1cc(Cl)ccc1[N+](=O)[O-])C(O)c1ccccc1. The highest BCUT2D eigenvalue weighted by Gasteiger charge is 2.21. The predicted octanol–water partition coefficient (Wildman–Crippen LogP) is 4.16. The Morgan fingerprint density at radius 2 is 1.90 bits per heavy atom. The molecule has 0 fully saturated rings. The van der Waals surface area contributed by atoms with Crippen LogP contribution < -0.4 is 0 Å². The highest BCUT2D eigenvalue weighted by Crippen LogP contribution is 2.30. The fraction of sp³-hybridized carbons (Fsp3) is 0.250. The van der Waals surface area contributed by atoms with Crippen LogP contribution in [0.2, 0.25) is 5.02 Å². The van der Waals surface area contributed by atoms with Crippen LogP contribution in [0.4, 0.5) is 5.69 Å². The first-order valence-corrected chi connectivity index (χ1v) is 7.02. The zero-order chi connectivity index (χ0) is 15.4. The summed E-state index contributed by atoms with van der Waals surface area (Å²) in [4.78, 5) is 10.6. The van der Waals surface area contributed by atoms with E-state index in [9.17, 15) is 15.2 Å². The highest BCUT2D eigenvalue weighted by molar-refractivity contribution is 6.30. The summed E-state index contributed by atoms with van der Waals surface area (Å²) in [5, 5.41) is 21.9. The van der Waals surface area contributed by atoms with Gasteiger partial charge in [0.05, 0.1) is 11.0 Å². The smallest absolute Gasteiger partial charge is 0.272 e. The predicted molar refractivity (Wildman–Crippen MR) is 82.4 cm³/mol. The molecule has 0 aromatic heterocycles. The van der Waals surface area contributed by atoms with Gasteiger partial charge in [-0.1, -0.05) is 48.9 Å². The number of nitro groups is 1. The van der Waals surface area contributed by atoms with Gasteiger partial charge < -0.3 is 5.11 Å². The number of halogens is 1. The lowest BCUT2D eigenvalue weighted by molar-refractivity contribution is -0.385. The Bertz CT molecular complexity index is 631. The highest BCUT2D eigenvalue weighted by atomic mass is 35.5. The molecule has 4 nitrogen and oxygen atoms in total. The van der Waals surface area contributed by atoms with Crippen molar-refractivity contribution in [3.63, 3.8) is 0 Å². The second kappa shape index (κ2) is 6.70. The Balaban J connectivity index is 2.21. The van der Waals surface area contributed by atoms with E-state index >= 15 is 0 Å². The van der Waals surface area contributed by atoms with E-state index in [0.717, 1.165) is 5.56 Å². The second-order valence-electron chi connectivity index (χ2n) is 5.07. The number of nitro benzene ring substituents is 1. The number of hydrogen-bond donors (Lipinski definition) is 1. The van der Waals surface area contributed by atoms with Gasteiger partial charge in [0.2, 0.25) is 0 Å². The Morgan fingerprint density at radius 1 is 1.24 bits per heavy atom. The molecular weight excluding hydrogens is 290 g/mol. The van der Waals surface area contributed by atoms with Crippen LogP contribution in [-0.4, -0.2) is 10.0 Å². The summed E-state index contributed by atoms with van der Waals surface area (Å²) in [6, 6.07) is 13.8. The van der Waals surface area contributed by atoms with Gasteiger partial charge in [-0.05, 0) is 30.0 Å². The van der Waals surface area contributed by atoms with Crippen LogP contribution in [0.15, 0.2) is 48.5 Å². The maximum atomic E-state index is 11.1. The molecule has 2 unspecified atom stereocenters. The van der Waals surface area contributed by atoms with E-state index in [1.165, 1.54) is 12.1 Å². The van der Waals surface area contributed by atoms with Crippen molar-refractivity contribution in [2.75, 3.05) is 0 Å². The number of hydrogen-bond acceptors (Lipinski definition) is 3. The van der Waals surface area contributed by atoms with Gasteiger partial charge in [0, 0.05) is 16.7 Å². The Hall–Kier alpha value is -1.91. The molecule has 5 heteroatoms. The monoisotopic (exact) mass is 305 g/mol. The first-order chi connectivity index (χ1) is 9.99. The average molecular weight is 306 g/mol. The van der Waals surface area contributed by atoms with Crippen LogP contribution in [0.5, 0.6) is 0 Å². The van der Waals surface area contributed by atoms with Crippen molar-refractivity contribution < 1.29 is 10.0 Å². The van der Waals surface area contributed by atoms with E-state index in [0.29, 0.717) is 17.0 Å². The molecule has 2 rings (SSSR count). The molecule has 0 amide bonds. The van der Waals surface area contributed by atoms with Gasteiger partial charge in [-0.2, -0.15) is 0 Å². The third-order valence-corrected chi connectivity index (χ3v) is 3.70. The molecule has 110 valence electrons. The van der Waals surface area contributed by atoms with E-state index in [4.69, 9.17) is 11.6 Å². The summed E-state index contributed by atoms with van der Waals surface area (Å²) in [6.07, 6.45) is -0.294. The summed E-state index contributed by atoms with van der Waals surface area (Å²) >= 11 is 5.92. The van der Waals surface area contributed by atoms with Crippen molar-refractivity contribution in [3.8, 4) is 0 Å². The molecule has 0 radical (unpaired) electrons. The third kappa shape index (κ3) is 3.80. The van der Waals surface area contributed by atoms with E-state index in [2.05, 4.69) is 0 Å². The third-order valence-electron chi connectivity index (χ3n) is 3.46. The largest absolute Gasteiger partial charge is 0.388 e. The van der Waals surface area contributed by atoms with Crippen LogP contribution in [0, 0.1) is 16.0 Å². The first kappa shape index (κ1) is 15.5. The normalized spacial score (nSPS) is 13.7. The second-order valence-corrected chi connectivity index (χ2v) is 5.50. The first-order valence-electron chi connectivity index (χ1n) is 6.65. The maximum Gasteiger partial charge on any atom is 0.272 e. The number of benzene rings is 2. The van der Waals surface area contributed by atoms with E-state index in [1.54, 1.807) is 6.07 Å². The van der Waals surface area contributed by atoms with Crippen molar-refractivity contribution in [2.45, 2.75) is 19.4 Å². The van der Waals surface area contributed by atoms with Crippen molar-refractivity contribution >= 4 is 17.3 Å². The van der Waals surface area contributed by atoms with Gasteiger partial charge >= 0.3 is 0 Å². The molecule has 21 heavy (non-hydrogen) atoms. The minimum Gasteiger partial charge on any atom is -0.388 e. The number of nitrogens with zero attached hydrogens (tertiary/aromatic N) is 1. The summed E-state index contributed by atoms with van der Waals surface area (Å²) in [5.41, 5.74) is 1.37. The molecule has 0 aliphatic heterocycles. The number of aliphatic hydroxyl groups is 1. The van der Waals surface area contributed by atoms with Crippen LogP contribution in [0.25, 0.3) is 0 Å². The summed E-state index contributed by atoms with van der Waals surface area (Å²) in [5.74, 6) is -0.162. The molecular formula is C16H16ClNO3. The lowest BCUT2D eigenvalue weighted by Gasteiger charge is -2.19. The number of aliphatic hydroxyl groups excluding tert-OH is 1. The van der Waals surface area contributed by atoms with Gasteiger partial charge in [0.1, 0.15) is 0 Å². The molecule has 0 aliphatic rings. The topological polar surface area (TPSA) is 63.4 Å². The van der Waals surface area contributed by atoms with Crippen molar-refractivity contribution in [1.82, 2.24) is 0 Å². The standard InChI is InChI=1S/C16H16ClNO3/c1-11(16(19)12-5-3-2-4-6-12)9-13-10-14(17)7-8-15(13)18(20)21/h2-8,10-11,16,19H,9H2,1H3. The molecule has 0 aliphatic carbocycles. The van der Waals surface area contributed by atoms with E-state index < -0.39 is 11.0 Å². The van der Waals surface area contributed by atoms with Crippen LogP contribution in [0.3, 0.4) is 0 Å². The zero-order valence-corrected chi connectivity index (χ0v) is 12.3. The summed E-state index contributed by atoms with van der Waals surface area (Å²) < 4.78 is 0. The molecule has 0 spiro atoms. The van der Waals surface area contributed by atoms with Crippen molar-refractivity contribution in [1.29, 1.82) is 0 Å². The lowest BCUT2D eigenvalue weighted by atomic mass is 9.91. The lowest BCUT2D eigenvalue weighted by Crippen LogP contribution is -2.13. The Morgan fingerprint density at radius 3 is 2.52 bits per heavy atom. The van der Waals surface area contributed by atoms with Crippen LogP contribution >= 0.6 is 11.6 Å². The fourth-order valence-electron chi connectivity index (χ4n) is 2.33. The maximum absolute atomic E-state index is 11.1. The Kier molecular flexibility index (Phi) is 4.94. The molecule has 1 N–H and O–H groups in total. The van der Waals surface area contributed by atoms with Gasteiger partial charge in [-0.3, -0.25) is 10.1 Å². The fourth-order valence-corrected chi connectivity index (χ4v) is 2.53. The number of rotatable bonds is 5. The molecule has 0 saturated heterocycles. The Labute approximate surface area is 128 Å². The summed E-state index contributed by atoms with van der Waals surface area (Å²) in [6.45, 7) is 1.86.